The van der Waals surface area contributed by atoms with E-state index in [1.165, 1.54) is 9.75 Å². The maximum Gasteiger partial charge on any atom is 0.193 e. The number of nitrogens with one attached hydrogen (secondary N) is 1. The van der Waals surface area contributed by atoms with Crippen LogP contribution in [0.3, 0.4) is 0 Å². The highest BCUT2D eigenvalue weighted by Crippen LogP contribution is 2.16. The number of hydrogen-bond donors (Lipinski definition) is 1. The fourth-order valence-corrected chi connectivity index (χ4v) is 2.30. The molecule has 0 atom stereocenters. The number of thiophene rings is 1. The molecule has 14 heavy (non-hydrogen) atoms. The average molecular weight is 211 g/mol. The fraction of sp³-hybridized carbons (Fsp3) is 0.500. The molecule has 1 N–H and O–H groups in total. The number of aryl methyl sites for hydroxylation is 1. The van der Waals surface area contributed by atoms with Crippen molar-refractivity contribution in [2.75, 3.05) is 21.1 Å². The van der Waals surface area contributed by atoms with E-state index in [1.807, 2.05) is 25.4 Å². The normalized spacial score (nSPS) is 11.6. The Labute approximate surface area is 89.5 Å². The molecule has 0 radical (unpaired) electrons. The molecule has 3 nitrogen and oxygen atoms in total. The molecule has 1 rings (SSSR count). The van der Waals surface area contributed by atoms with E-state index in [1.54, 1.807) is 7.05 Å². The van der Waals surface area contributed by atoms with Crippen molar-refractivity contribution in [1.29, 1.82) is 0 Å². The Morgan fingerprint density at radius 1 is 1.57 bits per heavy atom. The summed E-state index contributed by atoms with van der Waals surface area (Å²) in [5.41, 5.74) is 0. The molecule has 0 amide bonds. The lowest BCUT2D eigenvalue weighted by molar-refractivity contribution is 0.488. The summed E-state index contributed by atoms with van der Waals surface area (Å²) < 4.78 is 0. The third-order valence-corrected chi connectivity index (χ3v) is 2.97. The van der Waals surface area contributed by atoms with Gasteiger partial charge in [-0.15, -0.1) is 11.3 Å². The second-order valence-electron chi connectivity index (χ2n) is 3.17. The quantitative estimate of drug-likeness (QED) is 0.595. The molecular formula is C10H17N3S. The van der Waals surface area contributed by atoms with Gasteiger partial charge in [0.2, 0.25) is 0 Å². The summed E-state index contributed by atoms with van der Waals surface area (Å²) in [6.07, 6.45) is 0. The first-order valence-corrected chi connectivity index (χ1v) is 5.40. The Bertz CT molecular complexity index is 317. The second kappa shape index (κ2) is 5.00. The van der Waals surface area contributed by atoms with Crippen LogP contribution in [0.1, 0.15) is 9.75 Å². The third kappa shape index (κ3) is 2.73. The van der Waals surface area contributed by atoms with Crippen molar-refractivity contribution in [1.82, 2.24) is 10.2 Å². The first-order chi connectivity index (χ1) is 6.67. The van der Waals surface area contributed by atoms with Gasteiger partial charge in [-0.1, -0.05) is 0 Å². The molecule has 0 aromatic carbocycles. The minimum absolute atomic E-state index is 0.909. The summed E-state index contributed by atoms with van der Waals surface area (Å²) in [5, 5.41) is 3.06. The van der Waals surface area contributed by atoms with Crippen LogP contribution in [0, 0.1) is 6.92 Å². The number of guanidine groups is 1. The standard InChI is InChI=1S/C10H17N3S/c1-8-5-6-9(14-8)7-13(4)10(11-2)12-3/h5-6H,7H2,1-4H3,(H,11,12). The zero-order chi connectivity index (χ0) is 10.6. The Hall–Kier alpha value is -1.03. The SMILES string of the molecule is CN=C(NC)N(C)Cc1ccc(C)s1. The highest BCUT2D eigenvalue weighted by Gasteiger charge is 2.05. The molecule has 0 bridgehead atoms. The molecule has 1 aromatic rings. The van der Waals surface area contributed by atoms with Gasteiger partial charge in [0, 0.05) is 30.9 Å². The van der Waals surface area contributed by atoms with E-state index in [0.29, 0.717) is 0 Å². The van der Waals surface area contributed by atoms with E-state index in [4.69, 9.17) is 0 Å². The maximum absolute atomic E-state index is 4.15. The molecule has 0 aliphatic rings. The first-order valence-electron chi connectivity index (χ1n) is 4.58. The summed E-state index contributed by atoms with van der Waals surface area (Å²) in [6.45, 7) is 3.03. The Balaban J connectivity index is 2.60. The highest BCUT2D eigenvalue weighted by molar-refractivity contribution is 7.11. The van der Waals surface area contributed by atoms with Crippen LogP contribution in [-0.2, 0) is 6.54 Å². The van der Waals surface area contributed by atoms with Gasteiger partial charge in [0.15, 0.2) is 5.96 Å². The molecule has 0 fully saturated rings. The molecule has 4 heteroatoms. The number of hydrogen-bond acceptors (Lipinski definition) is 2. The van der Waals surface area contributed by atoms with Crippen molar-refractivity contribution >= 4 is 17.3 Å². The van der Waals surface area contributed by atoms with Crippen LogP contribution in [0.2, 0.25) is 0 Å². The van der Waals surface area contributed by atoms with Crippen molar-refractivity contribution < 1.29 is 0 Å². The summed E-state index contributed by atoms with van der Waals surface area (Å²) >= 11 is 1.83. The monoisotopic (exact) mass is 211 g/mol. The summed E-state index contributed by atoms with van der Waals surface area (Å²) in [5.74, 6) is 0.913. The molecule has 0 aliphatic carbocycles. The highest BCUT2D eigenvalue weighted by atomic mass is 32.1. The van der Waals surface area contributed by atoms with E-state index in [2.05, 4.69) is 34.3 Å². The van der Waals surface area contributed by atoms with Crippen LogP contribution in [0.4, 0.5) is 0 Å². The zero-order valence-electron chi connectivity index (χ0n) is 9.16. The van der Waals surface area contributed by atoms with Crippen LogP contribution in [0.5, 0.6) is 0 Å². The van der Waals surface area contributed by atoms with Gasteiger partial charge in [-0.2, -0.15) is 0 Å². The van der Waals surface area contributed by atoms with Gasteiger partial charge in [0.1, 0.15) is 0 Å². The van der Waals surface area contributed by atoms with Crippen molar-refractivity contribution in [3.63, 3.8) is 0 Å². The molecule has 0 spiro atoms. The van der Waals surface area contributed by atoms with E-state index in [0.717, 1.165) is 12.5 Å². The smallest absolute Gasteiger partial charge is 0.193 e. The summed E-state index contributed by atoms with van der Waals surface area (Å²) in [6, 6.07) is 4.31. The van der Waals surface area contributed by atoms with E-state index in [-0.39, 0.29) is 0 Å². The lowest BCUT2D eigenvalue weighted by atomic mass is 10.4. The summed E-state index contributed by atoms with van der Waals surface area (Å²) in [7, 11) is 5.72. The van der Waals surface area contributed by atoms with E-state index in [9.17, 15) is 0 Å². The van der Waals surface area contributed by atoms with Gasteiger partial charge in [-0.3, -0.25) is 4.99 Å². The second-order valence-corrected chi connectivity index (χ2v) is 4.54. The predicted octanol–water partition coefficient (Wildman–Crippen LogP) is 1.69. The van der Waals surface area contributed by atoms with Gasteiger partial charge >= 0.3 is 0 Å². The topological polar surface area (TPSA) is 27.6 Å². The molecule has 0 unspecified atom stereocenters. The lowest BCUT2D eigenvalue weighted by Gasteiger charge is -2.19. The molecule has 0 saturated carbocycles. The maximum atomic E-state index is 4.15. The molecule has 1 aromatic heterocycles. The van der Waals surface area contributed by atoms with Crippen LogP contribution in [0.15, 0.2) is 17.1 Å². The molecule has 0 saturated heterocycles. The fourth-order valence-electron chi connectivity index (χ4n) is 1.35. The van der Waals surface area contributed by atoms with Gasteiger partial charge < -0.3 is 10.2 Å². The molecular weight excluding hydrogens is 194 g/mol. The Morgan fingerprint density at radius 3 is 2.71 bits per heavy atom. The molecule has 78 valence electrons. The van der Waals surface area contributed by atoms with Crippen LogP contribution in [0.25, 0.3) is 0 Å². The number of aliphatic imine (C=N–C) groups is 1. The Kier molecular flexibility index (Phi) is 3.95. The zero-order valence-corrected chi connectivity index (χ0v) is 9.98. The van der Waals surface area contributed by atoms with Gasteiger partial charge in [0.05, 0.1) is 6.54 Å². The van der Waals surface area contributed by atoms with Gasteiger partial charge in [0.25, 0.3) is 0 Å². The van der Waals surface area contributed by atoms with Crippen LogP contribution < -0.4 is 5.32 Å². The minimum atomic E-state index is 0.909. The van der Waals surface area contributed by atoms with Crippen LogP contribution >= 0.6 is 11.3 Å². The largest absolute Gasteiger partial charge is 0.359 e. The average Bonchev–Trinajstić information content (AvgIpc) is 2.53. The first kappa shape index (κ1) is 11.0. The predicted molar refractivity (Wildman–Crippen MR) is 62.9 cm³/mol. The van der Waals surface area contributed by atoms with Crippen molar-refractivity contribution in [3.8, 4) is 0 Å². The molecule has 0 aliphatic heterocycles. The lowest BCUT2D eigenvalue weighted by Crippen LogP contribution is -2.35. The van der Waals surface area contributed by atoms with Gasteiger partial charge in [-0.05, 0) is 19.1 Å². The van der Waals surface area contributed by atoms with Crippen molar-refractivity contribution in [3.05, 3.63) is 21.9 Å². The van der Waals surface area contributed by atoms with Crippen molar-refractivity contribution in [2.45, 2.75) is 13.5 Å². The Morgan fingerprint density at radius 2 is 2.29 bits per heavy atom. The number of rotatable bonds is 2. The third-order valence-electron chi connectivity index (χ3n) is 1.99. The molecule has 1 heterocycles. The summed E-state index contributed by atoms with van der Waals surface area (Å²) in [4.78, 5) is 8.96. The minimum Gasteiger partial charge on any atom is -0.359 e. The van der Waals surface area contributed by atoms with Gasteiger partial charge in [-0.25, -0.2) is 0 Å². The van der Waals surface area contributed by atoms with Crippen LogP contribution in [-0.4, -0.2) is 32.0 Å². The number of nitrogens with zero attached hydrogens (tertiary/aromatic N) is 2. The van der Waals surface area contributed by atoms with E-state index < -0.39 is 0 Å². The van der Waals surface area contributed by atoms with E-state index >= 15 is 0 Å². The van der Waals surface area contributed by atoms with Crippen molar-refractivity contribution in [2.24, 2.45) is 4.99 Å².